The molecule has 1 aliphatic rings. The Hall–Kier alpha value is -0.0900. The third-order valence-corrected chi connectivity index (χ3v) is 5.32. The lowest BCUT2D eigenvalue weighted by Gasteiger charge is -2.14. The van der Waals surface area contributed by atoms with Crippen molar-refractivity contribution >= 4 is 9.84 Å². The quantitative estimate of drug-likeness (QED) is 0.736. The van der Waals surface area contributed by atoms with Gasteiger partial charge in [0.2, 0.25) is 0 Å². The first-order valence-corrected chi connectivity index (χ1v) is 7.80. The van der Waals surface area contributed by atoms with Crippen LogP contribution in [0, 0.1) is 0 Å². The van der Waals surface area contributed by atoms with Crippen LogP contribution in [0.2, 0.25) is 0 Å². The van der Waals surface area contributed by atoms with Gasteiger partial charge in [-0.2, -0.15) is 0 Å². The zero-order valence-corrected chi connectivity index (χ0v) is 10.5. The van der Waals surface area contributed by atoms with E-state index in [1.807, 2.05) is 0 Å². The highest BCUT2D eigenvalue weighted by molar-refractivity contribution is 7.92. The van der Waals surface area contributed by atoms with Crippen LogP contribution in [0.3, 0.4) is 0 Å². The van der Waals surface area contributed by atoms with Crippen LogP contribution in [-0.2, 0) is 9.84 Å². The molecule has 1 saturated heterocycles. The predicted octanol–water partition coefficient (Wildman–Crippen LogP) is 1.73. The van der Waals surface area contributed by atoms with Gasteiger partial charge in [-0.1, -0.05) is 26.2 Å². The first-order chi connectivity index (χ1) is 7.17. The molecule has 0 aromatic heterocycles. The minimum absolute atomic E-state index is 0.128. The van der Waals surface area contributed by atoms with Gasteiger partial charge in [0.25, 0.3) is 0 Å². The first-order valence-electron chi connectivity index (χ1n) is 6.09. The Kier molecular flexibility index (Phi) is 5.61. The van der Waals surface area contributed by atoms with E-state index in [1.54, 1.807) is 0 Å². The Bertz CT molecular complexity index is 254. The molecule has 0 aliphatic carbocycles. The van der Waals surface area contributed by atoms with Gasteiger partial charge in [0.1, 0.15) is 0 Å². The van der Waals surface area contributed by atoms with E-state index in [0.717, 1.165) is 45.1 Å². The Labute approximate surface area is 93.6 Å². The van der Waals surface area contributed by atoms with Crippen molar-refractivity contribution in [2.45, 2.75) is 50.7 Å². The minimum Gasteiger partial charge on any atom is -0.315 e. The average molecular weight is 233 g/mol. The molecule has 0 radical (unpaired) electrons. The van der Waals surface area contributed by atoms with Gasteiger partial charge in [0, 0.05) is 6.54 Å². The number of hydrogen-bond acceptors (Lipinski definition) is 3. The lowest BCUT2D eigenvalue weighted by molar-refractivity contribution is 0.563. The molecule has 0 aromatic rings. The third kappa shape index (κ3) is 4.51. The smallest absolute Gasteiger partial charge is 0.154 e. The summed E-state index contributed by atoms with van der Waals surface area (Å²) in [7, 11) is -2.84. The first kappa shape index (κ1) is 13.0. The van der Waals surface area contributed by atoms with Gasteiger partial charge < -0.3 is 5.32 Å². The summed E-state index contributed by atoms with van der Waals surface area (Å²) in [4.78, 5) is 0. The highest BCUT2D eigenvalue weighted by Crippen LogP contribution is 2.15. The van der Waals surface area contributed by atoms with Gasteiger partial charge in [-0.05, 0) is 25.8 Å². The Balaban J connectivity index is 2.43. The molecule has 0 saturated carbocycles. The van der Waals surface area contributed by atoms with Gasteiger partial charge in [-0.15, -0.1) is 0 Å². The molecular formula is C11H23NO2S. The van der Waals surface area contributed by atoms with Crippen molar-refractivity contribution in [3.05, 3.63) is 0 Å². The SMILES string of the molecule is CCCCCS(=O)(=O)C1CCCCNC1. The van der Waals surface area contributed by atoms with E-state index in [1.165, 1.54) is 0 Å². The van der Waals surface area contributed by atoms with Gasteiger partial charge in [0.15, 0.2) is 9.84 Å². The third-order valence-electron chi connectivity index (χ3n) is 3.04. The van der Waals surface area contributed by atoms with Gasteiger partial charge >= 0.3 is 0 Å². The molecule has 1 N–H and O–H groups in total. The zero-order valence-electron chi connectivity index (χ0n) is 9.67. The van der Waals surface area contributed by atoms with Gasteiger partial charge in [-0.3, -0.25) is 0 Å². The second-order valence-corrected chi connectivity index (χ2v) is 6.80. The summed E-state index contributed by atoms with van der Waals surface area (Å²) >= 11 is 0. The summed E-state index contributed by atoms with van der Waals surface area (Å²) < 4.78 is 23.9. The maximum absolute atomic E-state index is 12.0. The van der Waals surface area contributed by atoms with Crippen molar-refractivity contribution in [1.82, 2.24) is 5.32 Å². The molecule has 4 heteroatoms. The largest absolute Gasteiger partial charge is 0.315 e. The maximum Gasteiger partial charge on any atom is 0.154 e. The highest BCUT2D eigenvalue weighted by atomic mass is 32.2. The Morgan fingerprint density at radius 2 is 2.07 bits per heavy atom. The van der Waals surface area contributed by atoms with Crippen LogP contribution in [0.4, 0.5) is 0 Å². The van der Waals surface area contributed by atoms with Crippen molar-refractivity contribution in [3.63, 3.8) is 0 Å². The molecule has 1 unspecified atom stereocenters. The molecule has 0 spiro atoms. The monoisotopic (exact) mass is 233 g/mol. The average Bonchev–Trinajstić information content (AvgIpc) is 2.46. The normalized spacial score (nSPS) is 23.7. The maximum atomic E-state index is 12.0. The van der Waals surface area contributed by atoms with Crippen molar-refractivity contribution in [2.75, 3.05) is 18.8 Å². The van der Waals surface area contributed by atoms with E-state index in [9.17, 15) is 8.42 Å². The molecule has 1 fully saturated rings. The van der Waals surface area contributed by atoms with Gasteiger partial charge in [-0.25, -0.2) is 8.42 Å². The minimum atomic E-state index is -2.84. The molecule has 0 aromatic carbocycles. The number of sulfone groups is 1. The second-order valence-electron chi connectivity index (χ2n) is 4.40. The summed E-state index contributed by atoms with van der Waals surface area (Å²) in [6, 6.07) is 0. The fourth-order valence-electron chi connectivity index (χ4n) is 2.01. The van der Waals surface area contributed by atoms with Gasteiger partial charge in [0.05, 0.1) is 11.0 Å². The zero-order chi connectivity index (χ0) is 11.1. The summed E-state index contributed by atoms with van der Waals surface area (Å²) in [5, 5.41) is 3.09. The molecule has 1 aliphatic heterocycles. The van der Waals surface area contributed by atoms with Crippen LogP contribution in [0.1, 0.15) is 45.4 Å². The highest BCUT2D eigenvalue weighted by Gasteiger charge is 2.25. The van der Waals surface area contributed by atoms with Crippen molar-refractivity contribution in [1.29, 1.82) is 0 Å². The molecule has 1 heterocycles. The standard InChI is InChI=1S/C11H23NO2S/c1-2-3-6-9-15(13,14)11-7-4-5-8-12-10-11/h11-12H,2-10H2,1H3. The van der Waals surface area contributed by atoms with Crippen LogP contribution < -0.4 is 5.32 Å². The van der Waals surface area contributed by atoms with E-state index in [4.69, 9.17) is 0 Å². The Morgan fingerprint density at radius 1 is 1.27 bits per heavy atom. The van der Waals surface area contributed by atoms with Crippen molar-refractivity contribution < 1.29 is 8.42 Å². The molecule has 1 rings (SSSR count). The molecule has 0 bridgehead atoms. The fourth-order valence-corrected chi connectivity index (χ4v) is 3.85. The lowest BCUT2D eigenvalue weighted by Crippen LogP contribution is -2.33. The summed E-state index contributed by atoms with van der Waals surface area (Å²) in [6.07, 6.45) is 5.94. The number of rotatable bonds is 5. The van der Waals surface area contributed by atoms with Crippen molar-refractivity contribution in [3.8, 4) is 0 Å². The molecule has 3 nitrogen and oxygen atoms in total. The second kappa shape index (κ2) is 6.48. The van der Waals surface area contributed by atoms with E-state index in [2.05, 4.69) is 12.2 Å². The van der Waals surface area contributed by atoms with E-state index < -0.39 is 9.84 Å². The van der Waals surface area contributed by atoms with Crippen LogP contribution in [0.25, 0.3) is 0 Å². The van der Waals surface area contributed by atoms with Crippen molar-refractivity contribution in [2.24, 2.45) is 0 Å². The van der Waals surface area contributed by atoms with Crippen LogP contribution >= 0.6 is 0 Å². The van der Waals surface area contributed by atoms with Crippen LogP contribution in [0.5, 0.6) is 0 Å². The van der Waals surface area contributed by atoms with E-state index in [0.29, 0.717) is 12.3 Å². The Morgan fingerprint density at radius 3 is 2.80 bits per heavy atom. The molecular weight excluding hydrogens is 210 g/mol. The molecule has 15 heavy (non-hydrogen) atoms. The topological polar surface area (TPSA) is 46.2 Å². The van der Waals surface area contributed by atoms with Crippen LogP contribution in [-0.4, -0.2) is 32.5 Å². The summed E-state index contributed by atoms with van der Waals surface area (Å²) in [5.74, 6) is 0.382. The molecule has 1 atom stereocenters. The summed E-state index contributed by atoms with van der Waals surface area (Å²) in [6.45, 7) is 3.73. The van der Waals surface area contributed by atoms with E-state index >= 15 is 0 Å². The molecule has 0 amide bonds. The number of nitrogens with one attached hydrogen (secondary N) is 1. The number of unbranched alkanes of at least 4 members (excludes halogenated alkanes) is 2. The number of hydrogen-bond donors (Lipinski definition) is 1. The van der Waals surface area contributed by atoms with E-state index in [-0.39, 0.29) is 5.25 Å². The fraction of sp³-hybridized carbons (Fsp3) is 1.00. The van der Waals surface area contributed by atoms with Crippen LogP contribution in [0.15, 0.2) is 0 Å². The predicted molar refractivity (Wildman–Crippen MR) is 63.8 cm³/mol. The summed E-state index contributed by atoms with van der Waals surface area (Å²) in [5.41, 5.74) is 0. The lowest BCUT2D eigenvalue weighted by atomic mass is 10.2. The molecule has 90 valence electrons.